The van der Waals surface area contributed by atoms with Crippen molar-refractivity contribution in [2.75, 3.05) is 0 Å². The summed E-state index contributed by atoms with van der Waals surface area (Å²) in [6, 6.07) is 2.18. The number of rotatable bonds is 1. The van der Waals surface area contributed by atoms with Crippen molar-refractivity contribution < 1.29 is 0 Å². The van der Waals surface area contributed by atoms with Crippen LogP contribution in [0.3, 0.4) is 0 Å². The summed E-state index contributed by atoms with van der Waals surface area (Å²) in [5.41, 5.74) is 9.67. The van der Waals surface area contributed by atoms with Crippen molar-refractivity contribution in [2.45, 2.75) is 46.7 Å². The van der Waals surface area contributed by atoms with Gasteiger partial charge in [-0.05, 0) is 46.2 Å². The van der Waals surface area contributed by atoms with Crippen LogP contribution < -0.4 is 5.73 Å². The molecule has 1 heterocycles. The average Bonchev–Trinajstić information content (AvgIpc) is 2.24. The molecule has 2 N–H and O–H groups in total. The number of nitrogens with two attached hydrogens (primary N) is 1. The van der Waals surface area contributed by atoms with Crippen LogP contribution in [0.15, 0.2) is 6.07 Å². The third-order valence-corrected chi connectivity index (χ3v) is 2.43. The highest BCUT2D eigenvalue weighted by Crippen LogP contribution is 2.23. The maximum atomic E-state index is 5.66. The largest absolute Gasteiger partial charge is 0.344 e. The van der Waals surface area contributed by atoms with Crippen molar-refractivity contribution in [1.29, 1.82) is 0 Å². The average molecular weight is 180 g/mol. The number of aryl methyl sites for hydroxylation is 1. The minimum absolute atomic E-state index is 0.154. The summed E-state index contributed by atoms with van der Waals surface area (Å²) < 4.78 is 2.34. The first-order valence-electron chi connectivity index (χ1n) is 4.76. The standard InChI is InChI=1S/C11H20N2/c1-8-6-10(7-12)9(2)13(8)11(3,4)5/h6H,7,12H2,1-5H3. The molecule has 0 aliphatic carbocycles. The van der Waals surface area contributed by atoms with Gasteiger partial charge in [0.15, 0.2) is 0 Å². The Hall–Kier alpha value is -0.760. The Morgan fingerprint density at radius 3 is 2.08 bits per heavy atom. The molecule has 0 unspecified atom stereocenters. The Labute approximate surface area is 80.7 Å². The number of aromatic nitrogens is 1. The van der Waals surface area contributed by atoms with Gasteiger partial charge in [0.25, 0.3) is 0 Å². The first-order chi connectivity index (χ1) is 5.88. The van der Waals surface area contributed by atoms with Crippen LogP contribution >= 0.6 is 0 Å². The second kappa shape index (κ2) is 3.18. The monoisotopic (exact) mass is 180 g/mol. The van der Waals surface area contributed by atoms with Gasteiger partial charge in [-0.1, -0.05) is 0 Å². The van der Waals surface area contributed by atoms with Gasteiger partial charge in [-0.25, -0.2) is 0 Å². The Balaban J connectivity index is 3.29. The van der Waals surface area contributed by atoms with Gasteiger partial charge in [-0.2, -0.15) is 0 Å². The lowest BCUT2D eigenvalue weighted by atomic mass is 10.1. The minimum Gasteiger partial charge on any atom is -0.344 e. The quantitative estimate of drug-likeness (QED) is 0.706. The molecule has 0 aromatic carbocycles. The van der Waals surface area contributed by atoms with Gasteiger partial charge in [-0.3, -0.25) is 0 Å². The summed E-state index contributed by atoms with van der Waals surface area (Å²) in [6.45, 7) is 11.6. The predicted molar refractivity (Wildman–Crippen MR) is 56.8 cm³/mol. The van der Waals surface area contributed by atoms with E-state index >= 15 is 0 Å². The molecule has 0 aliphatic heterocycles. The van der Waals surface area contributed by atoms with E-state index in [1.165, 1.54) is 17.0 Å². The Morgan fingerprint density at radius 1 is 1.31 bits per heavy atom. The van der Waals surface area contributed by atoms with E-state index in [2.05, 4.69) is 45.3 Å². The molecule has 0 saturated carbocycles. The third-order valence-electron chi connectivity index (χ3n) is 2.43. The molecule has 74 valence electrons. The zero-order valence-corrected chi connectivity index (χ0v) is 9.31. The first-order valence-corrected chi connectivity index (χ1v) is 4.76. The van der Waals surface area contributed by atoms with Crippen molar-refractivity contribution in [3.8, 4) is 0 Å². The molecule has 13 heavy (non-hydrogen) atoms. The van der Waals surface area contributed by atoms with Crippen LogP contribution in [0, 0.1) is 13.8 Å². The summed E-state index contributed by atoms with van der Waals surface area (Å²) in [4.78, 5) is 0. The predicted octanol–water partition coefficient (Wildman–Crippen LogP) is 2.32. The van der Waals surface area contributed by atoms with Crippen LogP contribution in [0.2, 0.25) is 0 Å². The molecule has 1 aromatic heterocycles. The normalized spacial score (nSPS) is 12.2. The van der Waals surface area contributed by atoms with Crippen LogP contribution in [-0.2, 0) is 12.1 Å². The van der Waals surface area contributed by atoms with E-state index in [0.717, 1.165) is 0 Å². The smallest absolute Gasteiger partial charge is 0.0360 e. The molecule has 0 amide bonds. The molecular formula is C11H20N2. The summed E-state index contributed by atoms with van der Waals surface area (Å²) in [5, 5.41) is 0. The van der Waals surface area contributed by atoms with E-state index < -0.39 is 0 Å². The maximum absolute atomic E-state index is 5.66. The van der Waals surface area contributed by atoms with Gasteiger partial charge in [0.05, 0.1) is 0 Å². The zero-order valence-electron chi connectivity index (χ0n) is 9.31. The SMILES string of the molecule is Cc1cc(CN)c(C)n1C(C)(C)C. The molecule has 0 fully saturated rings. The van der Waals surface area contributed by atoms with Gasteiger partial charge in [0, 0.05) is 23.5 Å². The molecule has 0 bridgehead atoms. The highest BCUT2D eigenvalue weighted by atomic mass is 15.1. The van der Waals surface area contributed by atoms with Crippen LogP contribution in [0.5, 0.6) is 0 Å². The van der Waals surface area contributed by atoms with Crippen molar-refractivity contribution in [2.24, 2.45) is 5.73 Å². The lowest BCUT2D eigenvalue weighted by Crippen LogP contribution is -2.24. The van der Waals surface area contributed by atoms with Gasteiger partial charge >= 0.3 is 0 Å². The van der Waals surface area contributed by atoms with E-state index in [4.69, 9.17) is 5.73 Å². The Kier molecular flexibility index (Phi) is 2.53. The minimum atomic E-state index is 0.154. The second-order valence-electron chi connectivity index (χ2n) is 4.61. The fourth-order valence-corrected chi connectivity index (χ4v) is 2.07. The lowest BCUT2D eigenvalue weighted by molar-refractivity contribution is 0.382. The van der Waals surface area contributed by atoms with E-state index in [0.29, 0.717) is 6.54 Å². The second-order valence-corrected chi connectivity index (χ2v) is 4.61. The van der Waals surface area contributed by atoms with Gasteiger partial charge < -0.3 is 10.3 Å². The summed E-state index contributed by atoms with van der Waals surface area (Å²) >= 11 is 0. The molecule has 0 atom stereocenters. The van der Waals surface area contributed by atoms with Crippen LogP contribution in [0.1, 0.15) is 37.7 Å². The molecule has 0 spiro atoms. The number of hydrogen-bond donors (Lipinski definition) is 1. The first kappa shape index (κ1) is 10.3. The molecule has 2 nitrogen and oxygen atoms in total. The summed E-state index contributed by atoms with van der Waals surface area (Å²) in [5.74, 6) is 0. The number of nitrogens with zero attached hydrogens (tertiary/aromatic N) is 1. The molecule has 1 rings (SSSR count). The van der Waals surface area contributed by atoms with E-state index in [9.17, 15) is 0 Å². The van der Waals surface area contributed by atoms with Gasteiger partial charge in [0.2, 0.25) is 0 Å². The van der Waals surface area contributed by atoms with Crippen molar-refractivity contribution in [1.82, 2.24) is 4.57 Å². The Morgan fingerprint density at radius 2 is 1.85 bits per heavy atom. The highest BCUT2D eigenvalue weighted by molar-refractivity contribution is 5.27. The molecule has 2 heteroatoms. The van der Waals surface area contributed by atoms with Crippen LogP contribution in [-0.4, -0.2) is 4.57 Å². The van der Waals surface area contributed by atoms with E-state index in [-0.39, 0.29) is 5.54 Å². The van der Waals surface area contributed by atoms with Crippen LogP contribution in [0.4, 0.5) is 0 Å². The highest BCUT2D eigenvalue weighted by Gasteiger charge is 2.18. The zero-order chi connectivity index (χ0) is 10.2. The summed E-state index contributed by atoms with van der Waals surface area (Å²) in [6.07, 6.45) is 0. The third kappa shape index (κ3) is 1.78. The van der Waals surface area contributed by atoms with Gasteiger partial charge in [-0.15, -0.1) is 0 Å². The fourth-order valence-electron chi connectivity index (χ4n) is 2.07. The summed E-state index contributed by atoms with van der Waals surface area (Å²) in [7, 11) is 0. The van der Waals surface area contributed by atoms with E-state index in [1.54, 1.807) is 0 Å². The van der Waals surface area contributed by atoms with Gasteiger partial charge in [0.1, 0.15) is 0 Å². The maximum Gasteiger partial charge on any atom is 0.0360 e. The Bertz CT molecular complexity index is 303. The van der Waals surface area contributed by atoms with Crippen molar-refractivity contribution in [3.63, 3.8) is 0 Å². The fraction of sp³-hybridized carbons (Fsp3) is 0.636. The molecule has 0 aliphatic rings. The molecule has 0 saturated heterocycles. The van der Waals surface area contributed by atoms with Crippen LogP contribution in [0.25, 0.3) is 0 Å². The molecule has 1 aromatic rings. The van der Waals surface area contributed by atoms with Crippen molar-refractivity contribution >= 4 is 0 Å². The van der Waals surface area contributed by atoms with Crippen molar-refractivity contribution in [3.05, 3.63) is 23.0 Å². The van der Waals surface area contributed by atoms with E-state index in [1.807, 2.05) is 0 Å². The lowest BCUT2D eigenvalue weighted by Gasteiger charge is -2.25. The topological polar surface area (TPSA) is 30.9 Å². The molecule has 0 radical (unpaired) electrons. The number of hydrogen-bond acceptors (Lipinski definition) is 1. The molecular weight excluding hydrogens is 160 g/mol.